The van der Waals surface area contributed by atoms with E-state index in [9.17, 15) is 31.5 Å². The molecule has 0 radical (unpaired) electrons. The number of rotatable bonds is 18. The number of alkyl halides is 3. The fraction of sp³-hybridized carbons (Fsp3) is 0.324. The van der Waals surface area contributed by atoms with E-state index in [1.807, 2.05) is 6.07 Å². The van der Waals surface area contributed by atoms with Crippen molar-refractivity contribution in [1.82, 2.24) is 9.62 Å². The van der Waals surface area contributed by atoms with Crippen LogP contribution in [-0.2, 0) is 33.8 Å². The van der Waals surface area contributed by atoms with Crippen LogP contribution in [0.4, 0.5) is 13.2 Å². The van der Waals surface area contributed by atoms with Crippen molar-refractivity contribution >= 4 is 31.9 Å². The quantitative estimate of drug-likeness (QED) is 0.109. The molecule has 4 aromatic rings. The molecule has 2 unspecified atom stereocenters. The molecule has 0 saturated carbocycles. The van der Waals surface area contributed by atoms with Crippen LogP contribution < -0.4 is 24.3 Å². The fourth-order valence-electron chi connectivity index (χ4n) is 5.68. The van der Waals surface area contributed by atoms with Crippen molar-refractivity contribution in [3.63, 3.8) is 0 Å². The molecule has 0 fully saturated rings. The molecular formula is C37H40BrF3N2O8S. The molecule has 0 spiro atoms. The summed E-state index contributed by atoms with van der Waals surface area (Å²) in [6.07, 6.45) is -4.05. The van der Waals surface area contributed by atoms with Crippen LogP contribution in [-0.4, -0.2) is 71.9 Å². The summed E-state index contributed by atoms with van der Waals surface area (Å²) in [6.45, 7) is -0.435. The lowest BCUT2D eigenvalue weighted by atomic mass is 9.91. The molecule has 0 aliphatic heterocycles. The highest BCUT2D eigenvalue weighted by atomic mass is 79.9. The number of aliphatic carboxylic acids is 1. The van der Waals surface area contributed by atoms with Gasteiger partial charge in [0.15, 0.2) is 23.0 Å². The van der Waals surface area contributed by atoms with Crippen LogP contribution >= 0.6 is 15.9 Å². The van der Waals surface area contributed by atoms with Crippen LogP contribution in [0.2, 0.25) is 0 Å². The number of ether oxygens (including phenoxy) is 4. The van der Waals surface area contributed by atoms with Gasteiger partial charge in [0.25, 0.3) is 0 Å². The molecule has 4 aromatic carbocycles. The second kappa shape index (κ2) is 17.9. The first kappa shape index (κ1) is 40.5. The largest absolute Gasteiger partial charge is 0.493 e. The second-order valence-corrected chi connectivity index (χ2v) is 14.5. The van der Waals surface area contributed by atoms with Gasteiger partial charge in [0, 0.05) is 23.6 Å². The monoisotopic (exact) mass is 808 g/mol. The molecule has 0 heterocycles. The Morgan fingerprint density at radius 2 is 1.31 bits per heavy atom. The maximum Gasteiger partial charge on any atom is 0.416 e. The van der Waals surface area contributed by atoms with Gasteiger partial charge >= 0.3 is 12.1 Å². The third-order valence-electron chi connectivity index (χ3n) is 8.49. The summed E-state index contributed by atoms with van der Waals surface area (Å²) in [6, 6.07) is 19.5. The predicted molar refractivity (Wildman–Crippen MR) is 193 cm³/mol. The maximum absolute atomic E-state index is 14.2. The van der Waals surface area contributed by atoms with Gasteiger partial charge in [-0.3, -0.25) is 4.79 Å². The van der Waals surface area contributed by atoms with Crippen LogP contribution in [0.25, 0.3) is 0 Å². The smallest absolute Gasteiger partial charge is 0.416 e. The Morgan fingerprint density at radius 1 is 0.788 bits per heavy atom. The number of carboxylic acids is 1. The standard InChI is InChI=1S/C37H40BrF3N2O8S/c1-48-31-15-5-24(21-33(31)50-3)17-19-42-35(26-7-9-27(10-8-26)37(39,40)41)30(36(44)45)23-43(52(46,47)29-13-11-28(38)12-14-29)20-18-25-6-16-32(49-2)34(22-25)51-4/h5-16,21-22,30,35,42H,17-20,23H2,1-4H3,(H,44,45). The highest BCUT2D eigenvalue weighted by Gasteiger charge is 2.36. The van der Waals surface area contributed by atoms with Gasteiger partial charge in [0.05, 0.1) is 44.8 Å². The summed E-state index contributed by atoms with van der Waals surface area (Å²) < 4.78 is 92.0. The van der Waals surface area contributed by atoms with E-state index in [2.05, 4.69) is 21.2 Å². The minimum Gasteiger partial charge on any atom is -0.493 e. The Balaban J connectivity index is 1.71. The van der Waals surface area contributed by atoms with Crippen LogP contribution in [0.3, 0.4) is 0 Å². The summed E-state index contributed by atoms with van der Waals surface area (Å²) in [5, 5.41) is 13.9. The minimum absolute atomic E-state index is 0.0559. The van der Waals surface area contributed by atoms with Crippen molar-refractivity contribution in [3.8, 4) is 23.0 Å². The second-order valence-electron chi connectivity index (χ2n) is 11.7. The molecule has 0 aliphatic carbocycles. The van der Waals surface area contributed by atoms with Crippen molar-refractivity contribution in [2.75, 3.05) is 48.1 Å². The molecule has 10 nitrogen and oxygen atoms in total. The van der Waals surface area contributed by atoms with Crippen LogP contribution in [0.1, 0.15) is 28.3 Å². The lowest BCUT2D eigenvalue weighted by molar-refractivity contribution is -0.143. The predicted octanol–water partition coefficient (Wildman–Crippen LogP) is 7.01. The van der Waals surface area contributed by atoms with Crippen LogP contribution in [0.15, 0.2) is 94.3 Å². The maximum atomic E-state index is 14.2. The first-order valence-electron chi connectivity index (χ1n) is 16.0. The van der Waals surface area contributed by atoms with Gasteiger partial charge in [-0.2, -0.15) is 17.5 Å². The summed E-state index contributed by atoms with van der Waals surface area (Å²) in [4.78, 5) is 13.0. The summed E-state index contributed by atoms with van der Waals surface area (Å²) >= 11 is 3.31. The van der Waals surface area contributed by atoms with Crippen molar-refractivity contribution in [1.29, 1.82) is 0 Å². The fourth-order valence-corrected chi connectivity index (χ4v) is 7.41. The van der Waals surface area contributed by atoms with E-state index in [4.69, 9.17) is 18.9 Å². The van der Waals surface area contributed by atoms with Crippen molar-refractivity contribution < 1.29 is 50.4 Å². The highest BCUT2D eigenvalue weighted by molar-refractivity contribution is 9.10. The number of nitrogens with one attached hydrogen (secondary N) is 1. The molecule has 52 heavy (non-hydrogen) atoms. The lowest BCUT2D eigenvalue weighted by Gasteiger charge is -2.31. The highest BCUT2D eigenvalue weighted by Crippen LogP contribution is 2.33. The molecule has 0 amide bonds. The van der Waals surface area contributed by atoms with Crippen LogP contribution in [0, 0.1) is 5.92 Å². The van der Waals surface area contributed by atoms with Gasteiger partial charge in [-0.25, -0.2) is 8.42 Å². The van der Waals surface area contributed by atoms with E-state index < -0.39 is 46.2 Å². The van der Waals surface area contributed by atoms with Crippen LogP contribution in [0.5, 0.6) is 23.0 Å². The number of halogens is 4. The Labute approximate surface area is 309 Å². The summed E-state index contributed by atoms with van der Waals surface area (Å²) in [5.74, 6) is -0.843. The zero-order valence-electron chi connectivity index (χ0n) is 28.9. The molecule has 4 rings (SSSR count). The molecule has 0 aromatic heterocycles. The molecular weight excluding hydrogens is 769 g/mol. The third kappa shape index (κ3) is 10.2. The van der Waals surface area contributed by atoms with Gasteiger partial charge in [-0.1, -0.05) is 40.2 Å². The Bertz CT molecular complexity index is 1910. The van der Waals surface area contributed by atoms with Gasteiger partial charge in [0.1, 0.15) is 0 Å². The zero-order valence-corrected chi connectivity index (χ0v) is 31.3. The van der Waals surface area contributed by atoms with E-state index in [0.29, 0.717) is 39.5 Å². The summed E-state index contributed by atoms with van der Waals surface area (Å²) in [7, 11) is 1.70. The average molecular weight is 810 g/mol. The van der Waals surface area contributed by atoms with E-state index in [0.717, 1.165) is 22.0 Å². The lowest BCUT2D eigenvalue weighted by Crippen LogP contribution is -2.44. The molecule has 15 heteroatoms. The molecule has 0 saturated heterocycles. The van der Waals surface area contributed by atoms with Gasteiger partial charge < -0.3 is 29.4 Å². The molecule has 280 valence electrons. The van der Waals surface area contributed by atoms with E-state index in [1.54, 1.807) is 42.5 Å². The first-order chi connectivity index (χ1) is 24.7. The zero-order chi connectivity index (χ0) is 38.1. The molecule has 0 aliphatic rings. The average Bonchev–Trinajstić information content (AvgIpc) is 3.13. The number of carboxylic acid groups (broad SMARTS) is 1. The van der Waals surface area contributed by atoms with Gasteiger partial charge in [-0.15, -0.1) is 0 Å². The van der Waals surface area contributed by atoms with E-state index in [1.165, 1.54) is 52.7 Å². The number of sulfonamides is 1. The number of methoxy groups -OCH3 is 4. The molecule has 2 atom stereocenters. The number of carbonyl (C=O) groups is 1. The number of benzene rings is 4. The summed E-state index contributed by atoms with van der Waals surface area (Å²) in [5.41, 5.74) is 0.862. The van der Waals surface area contributed by atoms with Crippen molar-refractivity contribution in [3.05, 3.63) is 112 Å². The molecule has 2 N–H and O–H groups in total. The number of hydrogen-bond acceptors (Lipinski definition) is 8. The van der Waals surface area contributed by atoms with Crippen molar-refractivity contribution in [2.24, 2.45) is 5.92 Å². The van der Waals surface area contributed by atoms with Crippen molar-refractivity contribution in [2.45, 2.75) is 30.0 Å². The Morgan fingerprint density at radius 3 is 1.79 bits per heavy atom. The third-order valence-corrected chi connectivity index (χ3v) is 10.9. The first-order valence-corrected chi connectivity index (χ1v) is 18.3. The van der Waals surface area contributed by atoms with Gasteiger partial charge in [-0.05, 0) is 96.7 Å². The normalized spacial score (nSPS) is 13.0. The minimum atomic E-state index is -4.61. The molecule has 0 bridgehead atoms. The van der Waals surface area contributed by atoms with Gasteiger partial charge in [0.2, 0.25) is 10.0 Å². The van der Waals surface area contributed by atoms with E-state index in [-0.39, 0.29) is 30.0 Å². The topological polar surface area (TPSA) is 124 Å². The van der Waals surface area contributed by atoms with E-state index >= 15 is 0 Å². The number of hydrogen-bond donors (Lipinski definition) is 2. The Kier molecular flexibility index (Phi) is 14.0. The number of nitrogens with zero attached hydrogens (tertiary/aromatic N) is 1. The SMILES string of the molecule is COc1ccc(CCNC(c2ccc(C(F)(F)F)cc2)C(CN(CCc2ccc(OC)c(OC)c2)S(=O)(=O)c2ccc(Br)cc2)C(=O)O)cc1OC. The Hall–Kier alpha value is -4.31.